The van der Waals surface area contributed by atoms with Crippen LogP contribution in [-0.2, 0) is 27.9 Å². The van der Waals surface area contributed by atoms with E-state index in [0.717, 1.165) is 104 Å². The number of benzene rings is 13. The molecule has 9 nitrogen and oxygen atoms in total. The van der Waals surface area contributed by atoms with Crippen molar-refractivity contribution in [3.05, 3.63) is 276 Å². The number of aromatic hydroxyl groups is 1. The molecule has 0 bridgehead atoms. The average Bonchev–Trinajstić information content (AvgIpc) is 1.59. The molecule has 3 saturated heterocycles. The van der Waals surface area contributed by atoms with E-state index in [2.05, 4.69) is 321 Å². The molecule has 3 aliphatic rings. The Morgan fingerprint density at radius 3 is 1.07 bits per heavy atom. The molecule has 14 heteroatoms. The van der Waals surface area contributed by atoms with Gasteiger partial charge in [-0.15, -0.1) is 0 Å². The van der Waals surface area contributed by atoms with E-state index >= 15 is 0 Å². The normalized spacial score (nSPS) is 16.8. The maximum Gasteiger partial charge on any atom is 0.494 e. The van der Waals surface area contributed by atoms with Crippen molar-refractivity contribution in [3.63, 3.8) is 0 Å². The lowest BCUT2D eigenvalue weighted by Crippen LogP contribution is -2.41. The number of halogens is 2. The van der Waals surface area contributed by atoms with Gasteiger partial charge in [-0.05, 0) is 227 Å². The Bertz CT molecular complexity index is 5650. The second-order valence-corrected chi connectivity index (χ2v) is 31.9. The van der Waals surface area contributed by atoms with Crippen LogP contribution in [-0.4, -0.2) is 60.1 Å². The van der Waals surface area contributed by atoms with Crippen molar-refractivity contribution in [2.24, 2.45) is 0 Å². The fraction of sp³-hybridized carbons (Fsp3) is 0.200. The fourth-order valence-corrected chi connectivity index (χ4v) is 14.7. The number of furan rings is 2. The molecular weight excluding hydrogens is 1420 g/mol. The highest BCUT2D eigenvalue weighted by atomic mass is 79.9. The maximum absolute atomic E-state index is 10.2. The van der Waals surface area contributed by atoms with E-state index in [0.29, 0.717) is 4.47 Å². The van der Waals surface area contributed by atoms with Crippen molar-refractivity contribution < 1.29 is 41.9 Å². The molecule has 5 heterocycles. The molecule has 2 aromatic heterocycles. The first-order valence-corrected chi connectivity index (χ1v) is 37.1. The molecule has 0 spiro atoms. The van der Waals surface area contributed by atoms with Crippen molar-refractivity contribution in [2.75, 3.05) is 0 Å². The third-order valence-corrected chi connectivity index (χ3v) is 23.1. The van der Waals surface area contributed by atoms with Crippen LogP contribution in [0.1, 0.15) is 83.1 Å². The zero-order valence-corrected chi connectivity index (χ0v) is 63.8. The molecular formula is C90H81B3Br2O9. The SMILES string of the molecule is Brc1cccc2c1oc1ccc3ccccc3c12.CC1(C)OB(c2cccc(-c3cccc(-c4cccc5c4oc4ccc6ccccc6c45)c3)c2)OC1(C)C.CC1(C)OB(c2cccc(-c3cccc(B4OC(C)(C)C(C)(C)O4)c3)c2)OC1(C)C.Oc1c(Br)cccc1-c1cccc2ccccc12. The number of phenols is 1. The molecule has 18 rings (SSSR count). The second-order valence-electron chi connectivity index (χ2n) is 30.2. The number of fused-ring (bicyclic) bond motifs is 11. The van der Waals surface area contributed by atoms with E-state index in [-0.39, 0.29) is 60.7 Å². The van der Waals surface area contributed by atoms with E-state index in [1.165, 1.54) is 37.7 Å². The molecule has 0 radical (unpaired) electrons. The Morgan fingerprint density at radius 2 is 0.587 bits per heavy atom. The zero-order chi connectivity index (χ0) is 72.7. The van der Waals surface area contributed by atoms with Gasteiger partial charge in [-0.2, -0.15) is 0 Å². The molecule has 0 aliphatic carbocycles. The minimum Gasteiger partial charge on any atom is -0.506 e. The first-order valence-electron chi connectivity index (χ1n) is 35.5. The topological polar surface area (TPSA) is 102 Å². The van der Waals surface area contributed by atoms with Crippen molar-refractivity contribution in [1.82, 2.24) is 0 Å². The standard InChI is InChI=1S/C34H29BO3.C24H32B2O4.C16H9BrO.C16H11BrO/c1-33(2)34(3,4)38-35(37-33)26-14-8-12-24(21-26)23-11-7-13-25(20-23)28-16-9-17-29-31-27-15-6-5-10-22(27)18-19-30(31)36-32(28)29;1-21(2)22(3,4)28-25(27-21)19-13-9-11-17(15-19)18-12-10-14-20(16-18)26-29-23(5,6)24(7,8)30-26;17-13-7-3-6-12-15-11-5-2-1-4-10(11)8-9-14(15)18-16(12)13;17-15-10-4-9-14(16(15)18)13-8-3-6-11-5-1-2-7-12(11)13/h5-21H,1-4H3;9-16H,1-8H3;1-9H;1-10,18H. The molecule has 518 valence electrons. The number of hydrogen-bond donors (Lipinski definition) is 1. The van der Waals surface area contributed by atoms with Gasteiger partial charge in [0.05, 0.1) is 42.6 Å². The number of hydrogen-bond acceptors (Lipinski definition) is 9. The summed E-state index contributed by atoms with van der Waals surface area (Å²) in [6, 6.07) is 91.7. The quantitative estimate of drug-likeness (QED) is 0.156. The average molecular weight is 1500 g/mol. The predicted molar refractivity (Wildman–Crippen MR) is 439 cm³/mol. The summed E-state index contributed by atoms with van der Waals surface area (Å²) in [5.41, 5.74) is 13.2. The minimum atomic E-state index is -0.387. The van der Waals surface area contributed by atoms with Crippen LogP contribution in [0, 0.1) is 0 Å². The van der Waals surface area contributed by atoms with Crippen LogP contribution >= 0.6 is 31.9 Å². The molecule has 1 N–H and O–H groups in total. The van der Waals surface area contributed by atoms with Crippen LogP contribution in [0.4, 0.5) is 0 Å². The molecule has 0 amide bonds. The Hall–Kier alpha value is -9.05. The van der Waals surface area contributed by atoms with Crippen LogP contribution in [0.15, 0.2) is 285 Å². The molecule has 15 aromatic rings. The van der Waals surface area contributed by atoms with Crippen LogP contribution in [0.2, 0.25) is 0 Å². The monoisotopic (exact) mass is 1500 g/mol. The van der Waals surface area contributed by atoms with Crippen molar-refractivity contribution in [3.8, 4) is 50.3 Å². The molecule has 0 saturated carbocycles. The summed E-state index contributed by atoms with van der Waals surface area (Å²) in [6.45, 7) is 24.9. The van der Waals surface area contributed by atoms with Crippen molar-refractivity contribution in [2.45, 2.75) is 117 Å². The van der Waals surface area contributed by atoms with Gasteiger partial charge in [0.1, 0.15) is 28.1 Å². The van der Waals surface area contributed by atoms with Crippen molar-refractivity contribution >= 4 is 146 Å². The smallest absolute Gasteiger partial charge is 0.494 e. The molecule has 0 atom stereocenters. The van der Waals surface area contributed by atoms with Crippen molar-refractivity contribution in [1.29, 1.82) is 0 Å². The summed E-state index contributed by atoms with van der Waals surface area (Å²) in [5, 5.41) is 22.1. The predicted octanol–water partition coefficient (Wildman–Crippen LogP) is 22.8. The summed E-state index contributed by atoms with van der Waals surface area (Å²) in [7, 11) is -1.13. The largest absolute Gasteiger partial charge is 0.506 e. The fourth-order valence-electron chi connectivity index (χ4n) is 13.9. The lowest BCUT2D eigenvalue weighted by atomic mass is 9.76. The zero-order valence-electron chi connectivity index (χ0n) is 60.6. The van der Waals surface area contributed by atoms with Gasteiger partial charge in [-0.3, -0.25) is 0 Å². The highest BCUT2D eigenvalue weighted by Gasteiger charge is 2.54. The molecule has 0 unspecified atom stereocenters. The Morgan fingerprint density at radius 1 is 0.269 bits per heavy atom. The summed E-state index contributed by atoms with van der Waals surface area (Å²) >= 11 is 6.90. The third kappa shape index (κ3) is 13.3. The third-order valence-electron chi connectivity index (χ3n) is 21.9. The summed E-state index contributed by atoms with van der Waals surface area (Å²) < 4.78 is 51.7. The summed E-state index contributed by atoms with van der Waals surface area (Å²) in [4.78, 5) is 0. The van der Waals surface area contributed by atoms with Crippen LogP contribution in [0.3, 0.4) is 0 Å². The highest BCUT2D eigenvalue weighted by Crippen LogP contribution is 2.44. The first-order chi connectivity index (χ1) is 49.7. The van der Waals surface area contributed by atoms with Gasteiger partial charge in [-0.1, -0.05) is 237 Å². The molecule has 13 aromatic carbocycles. The lowest BCUT2D eigenvalue weighted by Gasteiger charge is -2.32. The van der Waals surface area contributed by atoms with E-state index in [1.807, 2.05) is 60.7 Å². The van der Waals surface area contributed by atoms with Gasteiger partial charge in [0.15, 0.2) is 0 Å². The van der Waals surface area contributed by atoms with Gasteiger partial charge in [0.25, 0.3) is 0 Å². The molecule has 104 heavy (non-hydrogen) atoms. The van der Waals surface area contributed by atoms with E-state index in [4.69, 9.17) is 36.8 Å². The van der Waals surface area contributed by atoms with E-state index < -0.39 is 0 Å². The number of rotatable bonds is 7. The van der Waals surface area contributed by atoms with E-state index in [9.17, 15) is 5.11 Å². The van der Waals surface area contributed by atoms with Crippen LogP contribution in [0.25, 0.3) is 121 Å². The molecule has 3 fully saturated rings. The Kier molecular flexibility index (Phi) is 18.6. The number of para-hydroxylation sites is 3. The molecule has 3 aliphatic heterocycles. The van der Waals surface area contributed by atoms with E-state index in [1.54, 1.807) is 0 Å². The van der Waals surface area contributed by atoms with Crippen LogP contribution < -0.4 is 16.4 Å². The second kappa shape index (κ2) is 27.5. The highest BCUT2D eigenvalue weighted by molar-refractivity contribution is 9.11. The summed E-state index contributed by atoms with van der Waals surface area (Å²) in [6.07, 6.45) is 0. The van der Waals surface area contributed by atoms with Gasteiger partial charge in [0.2, 0.25) is 0 Å². The van der Waals surface area contributed by atoms with Gasteiger partial charge < -0.3 is 41.9 Å². The Labute approximate surface area is 626 Å². The van der Waals surface area contributed by atoms with Gasteiger partial charge in [-0.25, -0.2) is 0 Å². The minimum absolute atomic E-state index is 0.286. The Balaban J connectivity index is 0.000000117. The van der Waals surface area contributed by atoms with Gasteiger partial charge in [0, 0.05) is 32.7 Å². The lowest BCUT2D eigenvalue weighted by molar-refractivity contribution is 0.00578. The maximum atomic E-state index is 10.2. The van der Waals surface area contributed by atoms with Crippen LogP contribution in [0.5, 0.6) is 5.75 Å². The number of phenolic OH excluding ortho intramolecular Hbond substituents is 1. The van der Waals surface area contributed by atoms with Gasteiger partial charge >= 0.3 is 21.4 Å². The first kappa shape index (κ1) is 70.6. The summed E-state index contributed by atoms with van der Waals surface area (Å²) in [5.74, 6) is 0.286.